The Kier molecular flexibility index (Phi) is 3.89. The van der Waals surface area contributed by atoms with Gasteiger partial charge in [-0.1, -0.05) is 0 Å². The molecular weight excluding hydrogens is 311 g/mol. The first kappa shape index (κ1) is 11.8. The van der Waals surface area contributed by atoms with Gasteiger partial charge in [0.2, 0.25) is 0 Å². The van der Waals surface area contributed by atoms with Crippen LogP contribution in [0.2, 0.25) is 0 Å². The highest BCUT2D eigenvalue weighted by atomic mass is 127. The number of carbonyl (C=O) groups is 2. The van der Waals surface area contributed by atoms with Crippen molar-refractivity contribution in [3.05, 3.63) is 27.3 Å². The van der Waals surface area contributed by atoms with E-state index < -0.39 is 11.9 Å². The lowest BCUT2D eigenvalue weighted by Crippen LogP contribution is -2.29. The smallest absolute Gasteiger partial charge is 0.322 e. The van der Waals surface area contributed by atoms with Crippen molar-refractivity contribution in [2.75, 3.05) is 12.3 Å². The third-order valence-corrected chi connectivity index (χ3v) is 2.60. The Morgan fingerprint density at radius 2 is 2.13 bits per heavy atom. The van der Waals surface area contributed by atoms with Crippen LogP contribution in [-0.4, -0.2) is 23.5 Å². The number of nitrogen functional groups attached to an aromatic ring is 1. The summed E-state index contributed by atoms with van der Waals surface area (Å²) >= 11 is 2.00. The molecule has 80 valence electrons. The van der Waals surface area contributed by atoms with E-state index in [4.69, 9.17) is 10.8 Å². The molecule has 0 saturated heterocycles. The van der Waals surface area contributed by atoms with Crippen LogP contribution in [0.25, 0.3) is 0 Å². The first-order valence-electron chi connectivity index (χ1n) is 4.05. The van der Waals surface area contributed by atoms with Crippen LogP contribution in [0.15, 0.2) is 18.2 Å². The van der Waals surface area contributed by atoms with Crippen LogP contribution in [0.4, 0.5) is 5.69 Å². The largest absolute Gasteiger partial charge is 0.480 e. The third-order valence-electron chi connectivity index (χ3n) is 1.66. The predicted octanol–water partition coefficient (Wildman–Crippen LogP) is 0.688. The van der Waals surface area contributed by atoms with Crippen molar-refractivity contribution in [3.63, 3.8) is 0 Å². The Morgan fingerprint density at radius 3 is 2.67 bits per heavy atom. The van der Waals surface area contributed by atoms with Crippen molar-refractivity contribution >= 4 is 40.2 Å². The highest BCUT2D eigenvalue weighted by Gasteiger charge is 2.08. The maximum atomic E-state index is 11.4. The lowest BCUT2D eigenvalue weighted by atomic mass is 10.2. The molecule has 15 heavy (non-hydrogen) atoms. The first-order chi connectivity index (χ1) is 7.00. The molecule has 5 nitrogen and oxygen atoms in total. The molecule has 1 rings (SSSR count). The van der Waals surface area contributed by atoms with Crippen molar-refractivity contribution in [2.24, 2.45) is 0 Å². The minimum atomic E-state index is -1.08. The fourth-order valence-electron chi connectivity index (χ4n) is 0.926. The number of benzene rings is 1. The Morgan fingerprint density at radius 1 is 1.47 bits per heavy atom. The number of halogens is 1. The van der Waals surface area contributed by atoms with Gasteiger partial charge in [0, 0.05) is 14.8 Å². The molecule has 0 saturated carbocycles. The molecule has 0 aliphatic carbocycles. The van der Waals surface area contributed by atoms with E-state index in [1.807, 2.05) is 22.6 Å². The number of nitrogens with one attached hydrogen (secondary N) is 1. The fourth-order valence-corrected chi connectivity index (χ4v) is 1.44. The van der Waals surface area contributed by atoms with E-state index in [2.05, 4.69) is 5.32 Å². The molecule has 4 N–H and O–H groups in total. The van der Waals surface area contributed by atoms with Gasteiger partial charge in [0.1, 0.15) is 6.54 Å². The molecule has 6 heteroatoms. The summed E-state index contributed by atoms with van der Waals surface area (Å²) in [6.45, 7) is -0.389. The summed E-state index contributed by atoms with van der Waals surface area (Å²) in [7, 11) is 0. The van der Waals surface area contributed by atoms with Crippen molar-refractivity contribution < 1.29 is 14.7 Å². The minimum absolute atomic E-state index is 0.389. The van der Waals surface area contributed by atoms with Gasteiger partial charge in [0.15, 0.2) is 0 Å². The number of aliphatic carboxylic acids is 1. The zero-order valence-electron chi connectivity index (χ0n) is 7.66. The number of hydrogen-bond acceptors (Lipinski definition) is 3. The number of nitrogens with two attached hydrogens (primary N) is 1. The molecule has 0 heterocycles. The number of carboxylic acids is 1. The second-order valence-electron chi connectivity index (χ2n) is 2.81. The van der Waals surface area contributed by atoms with Gasteiger partial charge < -0.3 is 16.2 Å². The molecule has 0 spiro atoms. The van der Waals surface area contributed by atoms with Crippen LogP contribution in [0.1, 0.15) is 10.4 Å². The summed E-state index contributed by atoms with van der Waals surface area (Å²) in [5.74, 6) is -1.50. The van der Waals surface area contributed by atoms with E-state index >= 15 is 0 Å². The predicted molar refractivity (Wildman–Crippen MR) is 63.5 cm³/mol. The standard InChI is InChI=1S/C9H9IN2O3/c10-6-3-5(1-2-7(6)11)9(15)12-4-8(13)14/h1-3H,4,11H2,(H,12,15)(H,13,14). The second kappa shape index (κ2) is 4.96. The van der Waals surface area contributed by atoms with Crippen LogP contribution in [-0.2, 0) is 4.79 Å². The van der Waals surface area contributed by atoms with E-state index in [-0.39, 0.29) is 6.54 Å². The molecule has 0 atom stereocenters. The number of anilines is 1. The normalized spacial score (nSPS) is 9.67. The van der Waals surface area contributed by atoms with Crippen LogP contribution in [0, 0.1) is 3.57 Å². The van der Waals surface area contributed by atoms with Crippen molar-refractivity contribution in [1.82, 2.24) is 5.32 Å². The first-order valence-corrected chi connectivity index (χ1v) is 5.13. The molecule has 1 aromatic carbocycles. The Balaban J connectivity index is 2.74. The van der Waals surface area contributed by atoms with Crippen molar-refractivity contribution in [2.45, 2.75) is 0 Å². The zero-order valence-corrected chi connectivity index (χ0v) is 9.82. The molecule has 0 fully saturated rings. The van der Waals surface area contributed by atoms with Gasteiger partial charge in [-0.3, -0.25) is 9.59 Å². The SMILES string of the molecule is Nc1ccc(C(=O)NCC(=O)O)cc1I. The van der Waals surface area contributed by atoms with Gasteiger partial charge in [-0.05, 0) is 40.8 Å². The van der Waals surface area contributed by atoms with Crippen LogP contribution >= 0.6 is 22.6 Å². The van der Waals surface area contributed by atoms with Gasteiger partial charge in [0.05, 0.1) is 0 Å². The van der Waals surface area contributed by atoms with E-state index in [0.29, 0.717) is 11.3 Å². The van der Waals surface area contributed by atoms with Crippen molar-refractivity contribution in [1.29, 1.82) is 0 Å². The summed E-state index contributed by atoms with van der Waals surface area (Å²) in [5, 5.41) is 10.6. The fraction of sp³-hybridized carbons (Fsp3) is 0.111. The van der Waals surface area contributed by atoms with Crippen LogP contribution in [0.5, 0.6) is 0 Å². The minimum Gasteiger partial charge on any atom is -0.480 e. The summed E-state index contributed by atoms with van der Waals surface area (Å²) in [6.07, 6.45) is 0. The lowest BCUT2D eigenvalue weighted by molar-refractivity contribution is -0.135. The number of amides is 1. The van der Waals surface area contributed by atoms with Gasteiger partial charge in [-0.25, -0.2) is 0 Å². The van der Waals surface area contributed by atoms with Crippen molar-refractivity contribution in [3.8, 4) is 0 Å². The highest BCUT2D eigenvalue weighted by molar-refractivity contribution is 14.1. The van der Waals surface area contributed by atoms with E-state index in [1.165, 1.54) is 0 Å². The molecule has 0 radical (unpaired) electrons. The lowest BCUT2D eigenvalue weighted by Gasteiger charge is -2.04. The molecule has 1 amide bonds. The topological polar surface area (TPSA) is 92.4 Å². The third kappa shape index (κ3) is 3.39. The monoisotopic (exact) mass is 320 g/mol. The van der Waals surface area contributed by atoms with Gasteiger partial charge in [0.25, 0.3) is 5.91 Å². The number of carboxylic acid groups (broad SMARTS) is 1. The Bertz CT molecular complexity index is 406. The number of rotatable bonds is 3. The Hall–Kier alpha value is -1.31. The molecule has 0 aliphatic rings. The van der Waals surface area contributed by atoms with E-state index in [9.17, 15) is 9.59 Å². The maximum Gasteiger partial charge on any atom is 0.322 e. The second-order valence-corrected chi connectivity index (χ2v) is 3.97. The quantitative estimate of drug-likeness (QED) is 0.564. The average Bonchev–Trinajstić information content (AvgIpc) is 2.18. The summed E-state index contributed by atoms with van der Waals surface area (Å²) in [5.41, 5.74) is 6.56. The molecule has 0 aromatic heterocycles. The highest BCUT2D eigenvalue weighted by Crippen LogP contribution is 2.15. The van der Waals surface area contributed by atoms with E-state index in [1.54, 1.807) is 18.2 Å². The molecule has 0 bridgehead atoms. The molecule has 0 unspecified atom stereocenters. The summed E-state index contributed by atoms with van der Waals surface area (Å²) in [4.78, 5) is 21.6. The van der Waals surface area contributed by atoms with Crippen LogP contribution in [0.3, 0.4) is 0 Å². The molecular formula is C9H9IN2O3. The summed E-state index contributed by atoms with van der Waals surface area (Å²) in [6, 6.07) is 4.76. The number of carbonyl (C=O) groups excluding carboxylic acids is 1. The van der Waals surface area contributed by atoms with Gasteiger partial charge >= 0.3 is 5.97 Å². The van der Waals surface area contributed by atoms with Gasteiger partial charge in [-0.2, -0.15) is 0 Å². The average molecular weight is 320 g/mol. The van der Waals surface area contributed by atoms with Gasteiger partial charge in [-0.15, -0.1) is 0 Å². The maximum absolute atomic E-state index is 11.4. The zero-order chi connectivity index (χ0) is 11.4. The Labute approximate surface area is 99.8 Å². The van der Waals surface area contributed by atoms with E-state index in [0.717, 1.165) is 3.57 Å². The molecule has 0 aliphatic heterocycles. The molecule has 1 aromatic rings. The van der Waals surface area contributed by atoms with Crippen LogP contribution < -0.4 is 11.1 Å². The number of hydrogen-bond donors (Lipinski definition) is 3. The summed E-state index contributed by atoms with van der Waals surface area (Å²) < 4.78 is 0.760.